The van der Waals surface area contributed by atoms with Crippen molar-refractivity contribution in [3.8, 4) is 28.7 Å². The maximum Gasteiger partial charge on any atom is 0.300 e. The number of anilines is 2. The van der Waals surface area contributed by atoms with Crippen molar-refractivity contribution < 1.29 is 22.7 Å². The van der Waals surface area contributed by atoms with E-state index in [4.69, 9.17) is 9.16 Å². The lowest BCUT2D eigenvalue weighted by molar-refractivity contribution is -0.0901. The van der Waals surface area contributed by atoms with Gasteiger partial charge in [-0.3, -0.25) is 9.48 Å². The van der Waals surface area contributed by atoms with E-state index in [1.807, 2.05) is 6.55 Å². The second kappa shape index (κ2) is 11.7. The third kappa shape index (κ3) is 6.64. The molecule has 0 unspecified atom stereocenters. The average molecular weight is 576 g/mol. The number of rotatable bonds is 10. The first-order valence-corrected chi connectivity index (χ1v) is 14.7. The number of hydrogen-bond acceptors (Lipinski definition) is 9. The summed E-state index contributed by atoms with van der Waals surface area (Å²) in [5.41, 5.74) is 2.72. The third-order valence-corrected chi connectivity index (χ3v) is 7.70. The van der Waals surface area contributed by atoms with Crippen molar-refractivity contribution in [3.05, 3.63) is 72.6 Å². The molecule has 209 valence electrons. The molecule has 1 radical (unpaired) electrons. The molecule has 0 aliphatic heterocycles. The summed E-state index contributed by atoms with van der Waals surface area (Å²) in [6, 6.07) is 11.6. The van der Waals surface area contributed by atoms with Gasteiger partial charge in [0.25, 0.3) is 20.9 Å². The maximum absolute atomic E-state index is 13.1. The molecule has 1 aliphatic rings. The van der Waals surface area contributed by atoms with Gasteiger partial charge in [-0.25, -0.2) is 23.7 Å². The first kappa shape index (κ1) is 27.7. The molecule has 2 heterocycles. The van der Waals surface area contributed by atoms with E-state index >= 15 is 0 Å². The number of methoxy groups -OCH3 is 1. The lowest BCUT2D eigenvalue weighted by atomic mass is 9.88. The van der Waals surface area contributed by atoms with E-state index in [2.05, 4.69) is 36.8 Å². The molecule has 0 atom stereocenters. The number of alkyl halides is 2. The van der Waals surface area contributed by atoms with Crippen LogP contribution in [0.15, 0.2) is 61.4 Å². The number of nitrogens with one attached hydrogen (secondary N) is 2. The topological polar surface area (TPSA) is 140 Å². The van der Waals surface area contributed by atoms with Crippen molar-refractivity contribution in [2.75, 3.05) is 12.4 Å². The van der Waals surface area contributed by atoms with Crippen LogP contribution in [0.1, 0.15) is 28.8 Å². The van der Waals surface area contributed by atoms with Crippen LogP contribution in [0.25, 0.3) is 11.1 Å². The van der Waals surface area contributed by atoms with Crippen LogP contribution in [0.3, 0.4) is 0 Å². The standard InChI is InChI=1S/C27H25F2N8O3Si/c1-39-24-8-18(25(38)35-21-9-27(28,29)10-21)5-6-22(24)36-26-32-12-20(13-33-26)17-3-4-19(11-30)23(7-17)40-41(2)16-37-15-31-14-34-37/h3-8,12-15,21H,9-10,16H2,1-2H3,(H,35,38)(H,32,33,36). The highest BCUT2D eigenvalue weighted by Gasteiger charge is 2.46. The minimum atomic E-state index is -2.71. The van der Waals surface area contributed by atoms with Crippen molar-refractivity contribution in [2.24, 2.45) is 0 Å². The molecule has 0 spiro atoms. The van der Waals surface area contributed by atoms with Crippen molar-refractivity contribution in [1.82, 2.24) is 30.0 Å². The first-order chi connectivity index (χ1) is 19.7. The highest BCUT2D eigenvalue weighted by Crippen LogP contribution is 2.37. The van der Waals surface area contributed by atoms with Gasteiger partial charge >= 0.3 is 0 Å². The summed E-state index contributed by atoms with van der Waals surface area (Å²) in [7, 11) is 0.0983. The van der Waals surface area contributed by atoms with Crippen molar-refractivity contribution in [1.29, 1.82) is 5.26 Å². The molecule has 4 aromatic rings. The van der Waals surface area contributed by atoms with Gasteiger partial charge in [-0.15, -0.1) is 0 Å². The Bertz CT molecular complexity index is 1570. The van der Waals surface area contributed by atoms with E-state index < -0.39 is 26.9 Å². The van der Waals surface area contributed by atoms with E-state index in [-0.39, 0.29) is 24.4 Å². The number of carbonyl (C=O) groups excluding carboxylic acids is 1. The van der Waals surface area contributed by atoms with Crippen LogP contribution in [0.5, 0.6) is 11.5 Å². The average Bonchev–Trinajstić information content (AvgIpc) is 3.45. The van der Waals surface area contributed by atoms with Crippen LogP contribution in [0, 0.1) is 11.3 Å². The number of carbonyl (C=O) groups is 1. The second-order valence-corrected chi connectivity index (χ2v) is 11.4. The number of aromatic nitrogens is 5. The maximum atomic E-state index is 13.1. The minimum absolute atomic E-state index is 0.288. The molecule has 0 saturated heterocycles. The molecule has 2 N–H and O–H groups in total. The molecular formula is C27H25F2N8O3Si. The molecule has 1 fully saturated rings. The summed E-state index contributed by atoms with van der Waals surface area (Å²) in [5, 5.41) is 19.3. The number of benzene rings is 2. The quantitative estimate of drug-likeness (QED) is 0.267. The number of nitriles is 1. The Kier molecular flexibility index (Phi) is 7.88. The van der Waals surface area contributed by atoms with Gasteiger partial charge in [-0.2, -0.15) is 10.4 Å². The highest BCUT2D eigenvalue weighted by atomic mass is 28.3. The smallest absolute Gasteiger partial charge is 0.300 e. The van der Waals surface area contributed by atoms with Crippen molar-refractivity contribution >= 4 is 26.6 Å². The van der Waals surface area contributed by atoms with Crippen LogP contribution in [0.4, 0.5) is 20.4 Å². The van der Waals surface area contributed by atoms with E-state index in [1.165, 1.54) is 19.5 Å². The van der Waals surface area contributed by atoms with Crippen LogP contribution in [-0.4, -0.2) is 58.8 Å². The number of ether oxygens (including phenoxy) is 1. The Morgan fingerprint density at radius 3 is 2.61 bits per heavy atom. The zero-order valence-electron chi connectivity index (χ0n) is 22.1. The number of hydrogen-bond donors (Lipinski definition) is 2. The van der Waals surface area contributed by atoms with E-state index in [0.717, 1.165) is 5.56 Å². The summed E-state index contributed by atoms with van der Waals surface area (Å²) in [4.78, 5) is 25.2. The Balaban J connectivity index is 1.26. The second-order valence-electron chi connectivity index (χ2n) is 9.49. The largest absolute Gasteiger partial charge is 0.539 e. The Morgan fingerprint density at radius 1 is 1.17 bits per heavy atom. The van der Waals surface area contributed by atoms with Gasteiger partial charge in [0, 0.05) is 42.4 Å². The lowest BCUT2D eigenvalue weighted by Gasteiger charge is -2.35. The van der Waals surface area contributed by atoms with E-state index in [1.54, 1.807) is 53.7 Å². The van der Waals surface area contributed by atoms with Gasteiger partial charge in [0.2, 0.25) is 5.95 Å². The predicted molar refractivity (Wildman–Crippen MR) is 146 cm³/mol. The van der Waals surface area contributed by atoms with Gasteiger partial charge in [0.1, 0.15) is 30.2 Å². The molecule has 14 heteroatoms. The van der Waals surface area contributed by atoms with E-state index in [0.29, 0.717) is 34.5 Å². The Morgan fingerprint density at radius 2 is 1.95 bits per heavy atom. The summed E-state index contributed by atoms with van der Waals surface area (Å²) in [6.45, 7) is 1.98. The van der Waals surface area contributed by atoms with Gasteiger partial charge in [-0.1, -0.05) is 6.07 Å². The predicted octanol–water partition coefficient (Wildman–Crippen LogP) is 4.13. The fourth-order valence-corrected chi connectivity index (χ4v) is 5.50. The summed E-state index contributed by atoms with van der Waals surface area (Å²) >= 11 is 0. The molecule has 1 amide bonds. The monoisotopic (exact) mass is 575 g/mol. The zero-order valence-corrected chi connectivity index (χ0v) is 23.1. The molecule has 41 heavy (non-hydrogen) atoms. The molecule has 2 aromatic heterocycles. The first-order valence-electron chi connectivity index (χ1n) is 12.6. The van der Waals surface area contributed by atoms with Gasteiger partial charge < -0.3 is 19.8 Å². The molecule has 0 bridgehead atoms. The van der Waals surface area contributed by atoms with Crippen LogP contribution >= 0.6 is 0 Å². The fraction of sp³-hybridized carbons (Fsp3) is 0.259. The summed E-state index contributed by atoms with van der Waals surface area (Å²) in [6.07, 6.45) is 6.20. The van der Waals surface area contributed by atoms with Crippen LogP contribution < -0.4 is 19.8 Å². The highest BCUT2D eigenvalue weighted by molar-refractivity contribution is 6.49. The van der Waals surface area contributed by atoms with Gasteiger partial charge in [0.05, 0.1) is 24.5 Å². The minimum Gasteiger partial charge on any atom is -0.539 e. The molecule has 1 aliphatic carbocycles. The molecular weight excluding hydrogens is 550 g/mol. The van der Waals surface area contributed by atoms with Crippen LogP contribution in [-0.2, 0) is 6.17 Å². The van der Waals surface area contributed by atoms with Crippen LogP contribution in [0.2, 0.25) is 6.55 Å². The normalized spacial score (nSPS) is 14.1. The van der Waals surface area contributed by atoms with E-state index in [9.17, 15) is 18.8 Å². The molecule has 1 saturated carbocycles. The molecule has 2 aromatic carbocycles. The fourth-order valence-electron chi connectivity index (χ4n) is 4.27. The molecule has 5 rings (SSSR count). The number of halogens is 2. The van der Waals surface area contributed by atoms with Crippen molar-refractivity contribution in [2.45, 2.75) is 37.5 Å². The Hall–Kier alpha value is -4.90. The number of nitrogens with zero attached hydrogens (tertiary/aromatic N) is 6. The SMILES string of the molecule is COc1cc(C(=O)NC2CC(F)(F)C2)ccc1Nc1ncc(-c2ccc(C#N)c(O[Si](C)Cn3cncn3)c2)cn1. The number of amides is 1. The Labute approximate surface area is 235 Å². The summed E-state index contributed by atoms with van der Waals surface area (Å²) < 4.78 is 39.4. The molecule has 11 nitrogen and oxygen atoms in total. The zero-order chi connectivity index (χ0) is 29.0. The van der Waals surface area contributed by atoms with Crippen molar-refractivity contribution in [3.63, 3.8) is 0 Å². The van der Waals surface area contributed by atoms with Gasteiger partial charge in [0.15, 0.2) is 0 Å². The lowest BCUT2D eigenvalue weighted by Crippen LogP contribution is -2.50. The van der Waals surface area contributed by atoms with Gasteiger partial charge in [-0.05, 0) is 42.4 Å². The third-order valence-electron chi connectivity index (χ3n) is 6.36. The summed E-state index contributed by atoms with van der Waals surface area (Å²) in [5.74, 6) is -2.03.